The molecule has 0 radical (unpaired) electrons. The van der Waals surface area contributed by atoms with Crippen molar-refractivity contribution in [3.8, 4) is 11.5 Å². The van der Waals surface area contributed by atoms with Crippen molar-refractivity contribution < 1.29 is 14.3 Å². The molecule has 2 atom stereocenters. The first kappa shape index (κ1) is 20.8. The lowest BCUT2D eigenvalue weighted by molar-refractivity contribution is -0.128. The molecule has 0 spiro atoms. The van der Waals surface area contributed by atoms with Gasteiger partial charge in [-0.05, 0) is 74.1 Å². The van der Waals surface area contributed by atoms with Gasteiger partial charge < -0.3 is 14.8 Å². The van der Waals surface area contributed by atoms with E-state index in [4.69, 9.17) is 9.47 Å². The summed E-state index contributed by atoms with van der Waals surface area (Å²) in [7, 11) is 1.65. The van der Waals surface area contributed by atoms with Crippen LogP contribution in [0.1, 0.15) is 49.9 Å². The van der Waals surface area contributed by atoms with Crippen LogP contribution in [0.5, 0.6) is 11.5 Å². The Morgan fingerprint density at radius 2 is 1.56 bits per heavy atom. The lowest BCUT2D eigenvalue weighted by Crippen LogP contribution is -2.39. The minimum Gasteiger partial charge on any atom is -0.497 e. The summed E-state index contributed by atoms with van der Waals surface area (Å²) in [5.74, 6) is 1.86. The van der Waals surface area contributed by atoms with Crippen LogP contribution < -0.4 is 14.8 Å². The number of ether oxygens (including phenoxy) is 2. The quantitative estimate of drug-likeness (QED) is 0.714. The Labute approximate surface area is 162 Å². The third-order valence-electron chi connectivity index (χ3n) is 4.42. The van der Waals surface area contributed by atoms with Gasteiger partial charge >= 0.3 is 0 Å². The summed E-state index contributed by atoms with van der Waals surface area (Å²) in [6.07, 6.45) is 0.285. The van der Waals surface area contributed by atoms with Gasteiger partial charge in [0.25, 0.3) is 5.91 Å². The molecule has 0 aliphatic rings. The fourth-order valence-corrected chi connectivity index (χ4v) is 3.13. The van der Waals surface area contributed by atoms with Gasteiger partial charge in [-0.3, -0.25) is 4.79 Å². The third kappa shape index (κ3) is 6.31. The number of methoxy groups -OCH3 is 1. The minimum atomic E-state index is -0.570. The molecule has 1 amide bonds. The van der Waals surface area contributed by atoms with Crippen molar-refractivity contribution in [2.24, 2.45) is 5.92 Å². The number of hydrogen-bond donors (Lipinski definition) is 1. The number of benzene rings is 2. The van der Waals surface area contributed by atoms with Gasteiger partial charge in [0.2, 0.25) is 0 Å². The highest BCUT2D eigenvalue weighted by Gasteiger charge is 2.21. The molecule has 0 unspecified atom stereocenters. The van der Waals surface area contributed by atoms with Crippen molar-refractivity contribution >= 4 is 5.91 Å². The van der Waals surface area contributed by atoms with Gasteiger partial charge in [0.05, 0.1) is 13.2 Å². The van der Waals surface area contributed by atoms with Crippen LogP contribution in [0.3, 0.4) is 0 Å². The highest BCUT2D eigenvalue weighted by Crippen LogP contribution is 2.24. The Morgan fingerprint density at radius 3 is 2.07 bits per heavy atom. The lowest BCUT2D eigenvalue weighted by atomic mass is 9.96. The first-order valence-electron chi connectivity index (χ1n) is 9.47. The summed E-state index contributed by atoms with van der Waals surface area (Å²) < 4.78 is 11.1. The Kier molecular flexibility index (Phi) is 7.28. The van der Waals surface area contributed by atoms with E-state index >= 15 is 0 Å². The fraction of sp³-hybridized carbons (Fsp3) is 0.435. The van der Waals surface area contributed by atoms with Crippen molar-refractivity contribution in [1.29, 1.82) is 0 Å². The molecule has 146 valence electrons. The van der Waals surface area contributed by atoms with Crippen molar-refractivity contribution in [3.05, 3.63) is 59.2 Å². The van der Waals surface area contributed by atoms with E-state index in [1.165, 1.54) is 0 Å². The van der Waals surface area contributed by atoms with Crippen LogP contribution in [-0.2, 0) is 4.79 Å². The van der Waals surface area contributed by atoms with E-state index in [1.54, 1.807) is 14.0 Å². The predicted octanol–water partition coefficient (Wildman–Crippen LogP) is 4.98. The zero-order valence-corrected chi connectivity index (χ0v) is 17.2. The second kappa shape index (κ2) is 9.45. The molecule has 0 saturated heterocycles. The van der Waals surface area contributed by atoms with Crippen LogP contribution >= 0.6 is 0 Å². The monoisotopic (exact) mass is 369 g/mol. The lowest BCUT2D eigenvalue weighted by Gasteiger charge is -2.24. The van der Waals surface area contributed by atoms with Gasteiger partial charge in [-0.15, -0.1) is 0 Å². The van der Waals surface area contributed by atoms with Gasteiger partial charge in [-0.1, -0.05) is 32.0 Å². The molecule has 27 heavy (non-hydrogen) atoms. The van der Waals surface area contributed by atoms with Crippen LogP contribution in [0.25, 0.3) is 0 Å². The first-order valence-corrected chi connectivity index (χ1v) is 9.47. The summed E-state index contributed by atoms with van der Waals surface area (Å²) in [6.45, 7) is 10.1. The van der Waals surface area contributed by atoms with Crippen molar-refractivity contribution in [1.82, 2.24) is 5.32 Å². The van der Waals surface area contributed by atoms with Crippen LogP contribution in [0.15, 0.2) is 42.5 Å². The molecule has 1 N–H and O–H groups in total. The van der Waals surface area contributed by atoms with Gasteiger partial charge in [-0.25, -0.2) is 0 Å². The molecule has 4 nitrogen and oxygen atoms in total. The highest BCUT2D eigenvalue weighted by molar-refractivity contribution is 5.81. The van der Waals surface area contributed by atoms with Gasteiger partial charge in [0.15, 0.2) is 6.10 Å². The molecular weight excluding hydrogens is 338 g/mol. The summed E-state index contributed by atoms with van der Waals surface area (Å²) in [5, 5.41) is 3.15. The molecule has 0 heterocycles. The van der Waals surface area contributed by atoms with Crippen molar-refractivity contribution in [2.75, 3.05) is 7.11 Å². The van der Waals surface area contributed by atoms with Crippen molar-refractivity contribution in [3.63, 3.8) is 0 Å². The van der Waals surface area contributed by atoms with E-state index in [-0.39, 0.29) is 11.9 Å². The maximum atomic E-state index is 12.7. The summed E-state index contributed by atoms with van der Waals surface area (Å²) >= 11 is 0. The normalized spacial score (nSPS) is 13.1. The van der Waals surface area contributed by atoms with E-state index < -0.39 is 6.10 Å². The molecular formula is C23H31NO3. The maximum absolute atomic E-state index is 12.7. The molecule has 0 aliphatic heterocycles. The van der Waals surface area contributed by atoms with E-state index in [2.05, 4.69) is 25.2 Å². The average molecular weight is 370 g/mol. The number of nitrogens with one attached hydrogen (secondary N) is 1. The molecule has 0 saturated carbocycles. The van der Waals surface area contributed by atoms with E-state index in [1.807, 2.05) is 50.2 Å². The summed E-state index contributed by atoms with van der Waals surface area (Å²) in [6, 6.07) is 13.8. The molecule has 2 aromatic carbocycles. The second-order valence-corrected chi connectivity index (χ2v) is 7.55. The number of carbonyl (C=O) groups excluding carboxylic acids is 1. The number of amides is 1. The first-order chi connectivity index (χ1) is 12.8. The molecule has 0 aliphatic carbocycles. The molecule has 2 aromatic rings. The fourth-order valence-electron chi connectivity index (χ4n) is 3.13. The molecule has 0 bridgehead atoms. The van der Waals surface area contributed by atoms with Gasteiger partial charge in [0, 0.05) is 0 Å². The maximum Gasteiger partial charge on any atom is 0.261 e. The zero-order valence-electron chi connectivity index (χ0n) is 17.2. The van der Waals surface area contributed by atoms with Crippen LogP contribution in [-0.4, -0.2) is 19.1 Å². The van der Waals surface area contributed by atoms with E-state index in [9.17, 15) is 4.79 Å². The Hall–Kier alpha value is -2.49. The molecule has 0 aromatic heterocycles. The van der Waals surface area contributed by atoms with Crippen LogP contribution in [0, 0.1) is 19.8 Å². The van der Waals surface area contributed by atoms with Crippen LogP contribution in [0.4, 0.5) is 0 Å². The Morgan fingerprint density at radius 1 is 0.963 bits per heavy atom. The molecule has 2 rings (SSSR count). The average Bonchev–Trinajstić information content (AvgIpc) is 2.59. The standard InChI is InChI=1S/C23H31NO3/c1-15(2)11-22(19-7-9-20(26-6)10-8-19)24-23(25)18(5)27-21-13-16(3)12-17(4)14-21/h7-10,12-15,18,22H,11H2,1-6H3,(H,24,25)/t18-,22+/m1/s1. The molecule has 0 fully saturated rings. The van der Waals surface area contributed by atoms with Gasteiger partial charge in [0.1, 0.15) is 11.5 Å². The predicted molar refractivity (Wildman–Crippen MR) is 109 cm³/mol. The third-order valence-corrected chi connectivity index (χ3v) is 4.42. The Balaban J connectivity index is 2.09. The second-order valence-electron chi connectivity index (χ2n) is 7.55. The van der Waals surface area contributed by atoms with Gasteiger partial charge in [-0.2, -0.15) is 0 Å². The van der Waals surface area contributed by atoms with E-state index in [0.29, 0.717) is 5.92 Å². The SMILES string of the molecule is COc1ccc([C@H](CC(C)C)NC(=O)[C@@H](C)Oc2cc(C)cc(C)c2)cc1. The number of aryl methyl sites for hydroxylation is 2. The summed E-state index contributed by atoms with van der Waals surface area (Å²) in [4.78, 5) is 12.7. The molecule has 4 heteroatoms. The largest absolute Gasteiger partial charge is 0.497 e. The minimum absolute atomic E-state index is 0.0614. The summed E-state index contributed by atoms with van der Waals surface area (Å²) in [5.41, 5.74) is 3.30. The van der Waals surface area contributed by atoms with Crippen LogP contribution in [0.2, 0.25) is 0 Å². The zero-order chi connectivity index (χ0) is 20.0. The number of carbonyl (C=O) groups is 1. The number of hydrogen-bond acceptors (Lipinski definition) is 3. The smallest absolute Gasteiger partial charge is 0.261 e. The van der Waals surface area contributed by atoms with Crippen molar-refractivity contribution in [2.45, 2.75) is 53.2 Å². The van der Waals surface area contributed by atoms with E-state index in [0.717, 1.165) is 34.6 Å². The number of rotatable bonds is 8. The Bertz CT molecular complexity index is 732. The topological polar surface area (TPSA) is 47.6 Å². The highest BCUT2D eigenvalue weighted by atomic mass is 16.5.